The summed E-state index contributed by atoms with van der Waals surface area (Å²) in [5.41, 5.74) is 2.08. The van der Waals surface area contributed by atoms with Crippen LogP contribution in [0.1, 0.15) is 29.8 Å². The fourth-order valence-electron chi connectivity index (χ4n) is 2.81. The standard InChI is InChI=1S/C19H17ClF3N3/c1-11(24-9-15-16(20)4-3-5-17(15)22)14-10-25-26(12(14)2)19-7-6-13(21)8-18(19)23/h3-8,10-11,24H,9H2,1-2H3/t11-/m0/s1. The molecule has 0 aliphatic heterocycles. The van der Waals surface area contributed by atoms with Gasteiger partial charge in [0.15, 0.2) is 5.82 Å². The summed E-state index contributed by atoms with van der Waals surface area (Å²) in [6, 6.07) is 7.70. The van der Waals surface area contributed by atoms with Crippen LogP contribution in [0.15, 0.2) is 42.6 Å². The molecule has 0 bridgehead atoms. The average molecular weight is 380 g/mol. The van der Waals surface area contributed by atoms with Gasteiger partial charge in [0.2, 0.25) is 0 Å². The van der Waals surface area contributed by atoms with Gasteiger partial charge >= 0.3 is 0 Å². The summed E-state index contributed by atoms with van der Waals surface area (Å²) in [6.45, 7) is 3.92. The molecular formula is C19H17ClF3N3. The van der Waals surface area contributed by atoms with Gasteiger partial charge in [-0.1, -0.05) is 17.7 Å². The van der Waals surface area contributed by atoms with E-state index < -0.39 is 11.6 Å². The highest BCUT2D eigenvalue weighted by Gasteiger charge is 2.17. The van der Waals surface area contributed by atoms with Gasteiger partial charge in [-0.15, -0.1) is 0 Å². The molecule has 26 heavy (non-hydrogen) atoms. The van der Waals surface area contributed by atoms with Crippen molar-refractivity contribution in [2.75, 3.05) is 0 Å². The maximum atomic E-state index is 14.0. The summed E-state index contributed by atoms with van der Waals surface area (Å²) in [5.74, 6) is -1.72. The van der Waals surface area contributed by atoms with E-state index in [2.05, 4.69) is 10.4 Å². The highest BCUT2D eigenvalue weighted by atomic mass is 35.5. The van der Waals surface area contributed by atoms with Crippen LogP contribution in [0.4, 0.5) is 13.2 Å². The van der Waals surface area contributed by atoms with E-state index in [1.54, 1.807) is 25.3 Å². The van der Waals surface area contributed by atoms with Crippen molar-refractivity contribution in [2.24, 2.45) is 0 Å². The molecule has 136 valence electrons. The molecule has 7 heteroatoms. The summed E-state index contributed by atoms with van der Waals surface area (Å²) in [6.07, 6.45) is 1.61. The molecule has 2 aromatic carbocycles. The molecule has 3 aromatic rings. The lowest BCUT2D eigenvalue weighted by atomic mass is 10.1. The zero-order valence-corrected chi connectivity index (χ0v) is 15.0. The summed E-state index contributed by atoms with van der Waals surface area (Å²) in [7, 11) is 0. The minimum absolute atomic E-state index is 0.166. The van der Waals surface area contributed by atoms with Gasteiger partial charge in [-0.3, -0.25) is 0 Å². The minimum atomic E-state index is -0.693. The van der Waals surface area contributed by atoms with Crippen LogP contribution in [-0.2, 0) is 6.54 Å². The van der Waals surface area contributed by atoms with Gasteiger partial charge in [0.1, 0.15) is 17.3 Å². The predicted octanol–water partition coefficient (Wildman–Crippen LogP) is 5.10. The van der Waals surface area contributed by atoms with E-state index >= 15 is 0 Å². The third-order valence-corrected chi connectivity index (χ3v) is 4.65. The fraction of sp³-hybridized carbons (Fsp3) is 0.211. The maximum Gasteiger partial charge on any atom is 0.151 e. The molecule has 0 saturated heterocycles. The van der Waals surface area contributed by atoms with Crippen LogP contribution in [0.3, 0.4) is 0 Å². The summed E-state index contributed by atoms with van der Waals surface area (Å²) in [5, 5.41) is 7.75. The van der Waals surface area contributed by atoms with E-state index in [-0.39, 0.29) is 24.1 Å². The van der Waals surface area contributed by atoms with E-state index in [1.165, 1.54) is 22.9 Å². The van der Waals surface area contributed by atoms with Gasteiger partial charge in [0.25, 0.3) is 0 Å². The highest BCUT2D eigenvalue weighted by Crippen LogP contribution is 2.24. The number of hydrogen-bond acceptors (Lipinski definition) is 2. The van der Waals surface area contributed by atoms with Crippen molar-refractivity contribution in [1.82, 2.24) is 15.1 Å². The van der Waals surface area contributed by atoms with Crippen molar-refractivity contribution >= 4 is 11.6 Å². The first-order valence-corrected chi connectivity index (χ1v) is 8.42. The lowest BCUT2D eigenvalue weighted by Gasteiger charge is -2.15. The van der Waals surface area contributed by atoms with Crippen LogP contribution < -0.4 is 5.32 Å². The molecule has 1 aromatic heterocycles. The van der Waals surface area contributed by atoms with Gasteiger partial charge in [0, 0.05) is 40.5 Å². The summed E-state index contributed by atoms with van der Waals surface area (Å²) in [4.78, 5) is 0. The quantitative estimate of drug-likeness (QED) is 0.668. The van der Waals surface area contributed by atoms with Crippen LogP contribution in [0.5, 0.6) is 0 Å². The van der Waals surface area contributed by atoms with Crippen molar-refractivity contribution in [3.63, 3.8) is 0 Å². The molecule has 1 N–H and O–H groups in total. The van der Waals surface area contributed by atoms with E-state index in [1.807, 2.05) is 6.92 Å². The zero-order valence-electron chi connectivity index (χ0n) is 14.2. The molecule has 3 rings (SSSR count). The highest BCUT2D eigenvalue weighted by molar-refractivity contribution is 6.31. The molecule has 3 nitrogen and oxygen atoms in total. The monoisotopic (exact) mass is 379 g/mol. The largest absolute Gasteiger partial charge is 0.306 e. The fourth-order valence-corrected chi connectivity index (χ4v) is 3.04. The summed E-state index contributed by atoms with van der Waals surface area (Å²) >= 11 is 6.04. The Morgan fingerprint density at radius 2 is 1.92 bits per heavy atom. The third-order valence-electron chi connectivity index (χ3n) is 4.30. The van der Waals surface area contributed by atoms with Crippen molar-refractivity contribution < 1.29 is 13.2 Å². The Morgan fingerprint density at radius 3 is 2.62 bits per heavy atom. The van der Waals surface area contributed by atoms with Gasteiger partial charge < -0.3 is 5.32 Å². The topological polar surface area (TPSA) is 29.9 Å². The van der Waals surface area contributed by atoms with E-state index in [0.29, 0.717) is 16.3 Å². The smallest absolute Gasteiger partial charge is 0.151 e. The molecule has 0 amide bonds. The number of nitrogens with one attached hydrogen (secondary N) is 1. The number of hydrogen-bond donors (Lipinski definition) is 1. The Labute approximate surface area is 154 Å². The lowest BCUT2D eigenvalue weighted by molar-refractivity contribution is 0.542. The first-order chi connectivity index (χ1) is 12.4. The van der Waals surface area contributed by atoms with Crippen molar-refractivity contribution in [3.05, 3.63) is 81.9 Å². The van der Waals surface area contributed by atoms with Gasteiger partial charge in [0.05, 0.1) is 6.20 Å². The molecule has 0 saturated carbocycles. The molecule has 0 fully saturated rings. The van der Waals surface area contributed by atoms with E-state index in [0.717, 1.165) is 11.6 Å². The Balaban J connectivity index is 1.81. The molecule has 0 unspecified atom stereocenters. The molecule has 0 spiro atoms. The average Bonchev–Trinajstić information content (AvgIpc) is 2.96. The predicted molar refractivity (Wildman–Crippen MR) is 94.9 cm³/mol. The van der Waals surface area contributed by atoms with Gasteiger partial charge in [-0.25, -0.2) is 17.9 Å². The summed E-state index contributed by atoms with van der Waals surface area (Å²) < 4.78 is 42.4. The second-order valence-corrected chi connectivity index (χ2v) is 6.40. The number of nitrogens with zero attached hydrogens (tertiary/aromatic N) is 2. The SMILES string of the molecule is Cc1c([C@H](C)NCc2c(F)cccc2Cl)cnn1-c1ccc(F)cc1F. The van der Waals surface area contributed by atoms with Crippen molar-refractivity contribution in [2.45, 2.75) is 26.4 Å². The van der Waals surface area contributed by atoms with Gasteiger partial charge in [-0.05, 0) is 38.1 Å². The zero-order chi connectivity index (χ0) is 18.8. The third kappa shape index (κ3) is 3.61. The van der Waals surface area contributed by atoms with Crippen LogP contribution >= 0.6 is 11.6 Å². The van der Waals surface area contributed by atoms with Crippen LogP contribution in [-0.4, -0.2) is 9.78 Å². The van der Waals surface area contributed by atoms with Crippen LogP contribution in [0.2, 0.25) is 5.02 Å². The number of benzene rings is 2. The second kappa shape index (κ2) is 7.51. The Bertz CT molecular complexity index is 920. The van der Waals surface area contributed by atoms with Crippen LogP contribution in [0, 0.1) is 24.4 Å². The Kier molecular flexibility index (Phi) is 5.34. The van der Waals surface area contributed by atoms with E-state index in [9.17, 15) is 13.2 Å². The number of halogens is 4. The van der Waals surface area contributed by atoms with E-state index in [4.69, 9.17) is 11.6 Å². The molecule has 0 aliphatic rings. The molecule has 0 aliphatic carbocycles. The normalized spacial score (nSPS) is 12.4. The molecule has 0 radical (unpaired) electrons. The lowest BCUT2D eigenvalue weighted by Crippen LogP contribution is -2.19. The molecule has 1 atom stereocenters. The Morgan fingerprint density at radius 1 is 1.15 bits per heavy atom. The number of aromatic nitrogens is 2. The molecule has 1 heterocycles. The van der Waals surface area contributed by atoms with Crippen LogP contribution in [0.25, 0.3) is 5.69 Å². The first kappa shape index (κ1) is 18.5. The first-order valence-electron chi connectivity index (χ1n) is 8.04. The minimum Gasteiger partial charge on any atom is -0.306 e. The number of rotatable bonds is 5. The second-order valence-electron chi connectivity index (χ2n) is 6.00. The van der Waals surface area contributed by atoms with Crippen molar-refractivity contribution in [3.8, 4) is 5.69 Å². The van der Waals surface area contributed by atoms with Crippen molar-refractivity contribution in [1.29, 1.82) is 0 Å². The maximum absolute atomic E-state index is 14.0. The van der Waals surface area contributed by atoms with Gasteiger partial charge in [-0.2, -0.15) is 5.10 Å². The molecular weight excluding hydrogens is 363 g/mol. The Hall–Kier alpha value is -2.31.